The van der Waals surface area contributed by atoms with Crippen molar-refractivity contribution in [2.45, 2.75) is 40.2 Å². The molecule has 0 saturated heterocycles. The maximum absolute atomic E-state index is 12.4. The van der Waals surface area contributed by atoms with Gasteiger partial charge in [0.2, 0.25) is 0 Å². The number of rotatable bonds is 6. The van der Waals surface area contributed by atoms with Crippen LogP contribution in [0.5, 0.6) is 0 Å². The number of carbonyl (C=O) groups is 1. The van der Waals surface area contributed by atoms with Crippen LogP contribution in [0.4, 0.5) is 0 Å². The number of aryl methyl sites for hydroxylation is 3. The molecule has 0 saturated carbocycles. The summed E-state index contributed by atoms with van der Waals surface area (Å²) in [5.74, 6) is 0.599. The molecule has 1 aromatic carbocycles. The first-order valence-corrected chi connectivity index (χ1v) is 9.05. The molecule has 0 radical (unpaired) electrons. The van der Waals surface area contributed by atoms with Gasteiger partial charge in [-0.25, -0.2) is 9.97 Å². The molecule has 0 aliphatic rings. The van der Waals surface area contributed by atoms with E-state index in [9.17, 15) is 4.79 Å². The molecule has 0 atom stereocenters. The number of carbonyl (C=O) groups excluding carboxylic acids is 1. The van der Waals surface area contributed by atoms with Crippen LogP contribution >= 0.6 is 0 Å². The van der Waals surface area contributed by atoms with E-state index >= 15 is 0 Å². The SMILES string of the molecule is CCCc1cnc(C)nc1-c1ccc(C(=O)NCc2cnc(C)cn2)cc1. The molecule has 6 nitrogen and oxygen atoms in total. The molecule has 138 valence electrons. The molecule has 1 N–H and O–H groups in total. The Morgan fingerprint density at radius 1 is 1.00 bits per heavy atom. The summed E-state index contributed by atoms with van der Waals surface area (Å²) in [5, 5.41) is 2.87. The average Bonchev–Trinajstić information content (AvgIpc) is 2.69. The Labute approximate surface area is 159 Å². The van der Waals surface area contributed by atoms with E-state index in [1.54, 1.807) is 12.4 Å². The number of benzene rings is 1. The summed E-state index contributed by atoms with van der Waals surface area (Å²) in [6, 6.07) is 7.50. The first-order valence-electron chi connectivity index (χ1n) is 9.05. The fourth-order valence-electron chi connectivity index (χ4n) is 2.76. The fourth-order valence-corrected chi connectivity index (χ4v) is 2.76. The van der Waals surface area contributed by atoms with Crippen LogP contribution in [0.3, 0.4) is 0 Å². The van der Waals surface area contributed by atoms with Gasteiger partial charge in [0.05, 0.1) is 29.8 Å². The van der Waals surface area contributed by atoms with Gasteiger partial charge in [-0.05, 0) is 38.0 Å². The maximum atomic E-state index is 12.4. The molecule has 3 rings (SSSR count). The summed E-state index contributed by atoms with van der Waals surface area (Å²) >= 11 is 0. The van der Waals surface area contributed by atoms with E-state index in [4.69, 9.17) is 0 Å². The Balaban J connectivity index is 1.72. The Hall–Kier alpha value is -3.15. The number of nitrogens with zero attached hydrogens (tertiary/aromatic N) is 4. The lowest BCUT2D eigenvalue weighted by atomic mass is 10.0. The first kappa shape index (κ1) is 18.6. The van der Waals surface area contributed by atoms with Gasteiger partial charge in [-0.1, -0.05) is 25.5 Å². The van der Waals surface area contributed by atoms with Crippen LogP contribution in [0.2, 0.25) is 0 Å². The van der Waals surface area contributed by atoms with E-state index < -0.39 is 0 Å². The largest absolute Gasteiger partial charge is 0.346 e. The highest BCUT2D eigenvalue weighted by molar-refractivity contribution is 5.94. The van der Waals surface area contributed by atoms with Crippen molar-refractivity contribution in [3.8, 4) is 11.3 Å². The molecule has 0 unspecified atom stereocenters. The lowest BCUT2D eigenvalue weighted by Crippen LogP contribution is -2.23. The minimum absolute atomic E-state index is 0.142. The molecule has 2 heterocycles. The average molecular weight is 361 g/mol. The molecule has 0 bridgehead atoms. The quantitative estimate of drug-likeness (QED) is 0.727. The molecule has 0 spiro atoms. The van der Waals surface area contributed by atoms with Crippen molar-refractivity contribution in [2.24, 2.45) is 0 Å². The second kappa shape index (κ2) is 8.49. The van der Waals surface area contributed by atoms with Gasteiger partial charge in [0.25, 0.3) is 5.91 Å². The van der Waals surface area contributed by atoms with Gasteiger partial charge in [0, 0.05) is 23.5 Å². The minimum atomic E-state index is -0.142. The summed E-state index contributed by atoms with van der Waals surface area (Å²) in [4.78, 5) is 29.7. The van der Waals surface area contributed by atoms with E-state index in [0.29, 0.717) is 12.1 Å². The van der Waals surface area contributed by atoms with Crippen molar-refractivity contribution >= 4 is 5.91 Å². The Bertz CT molecular complexity index is 920. The minimum Gasteiger partial charge on any atom is -0.346 e. The molecule has 27 heavy (non-hydrogen) atoms. The lowest BCUT2D eigenvalue weighted by molar-refractivity contribution is 0.0950. The van der Waals surface area contributed by atoms with Crippen molar-refractivity contribution in [1.29, 1.82) is 0 Å². The normalized spacial score (nSPS) is 10.6. The van der Waals surface area contributed by atoms with Crippen LogP contribution in [0.25, 0.3) is 11.3 Å². The zero-order chi connectivity index (χ0) is 19.2. The third-order valence-electron chi connectivity index (χ3n) is 4.19. The van der Waals surface area contributed by atoms with Gasteiger partial charge in [-0.15, -0.1) is 0 Å². The van der Waals surface area contributed by atoms with E-state index in [-0.39, 0.29) is 5.91 Å². The molecule has 0 aliphatic heterocycles. The predicted molar refractivity (Wildman–Crippen MR) is 104 cm³/mol. The molecular formula is C21H23N5O. The van der Waals surface area contributed by atoms with E-state index in [1.165, 1.54) is 0 Å². The fraction of sp³-hybridized carbons (Fsp3) is 0.286. The van der Waals surface area contributed by atoms with E-state index in [0.717, 1.165) is 46.9 Å². The van der Waals surface area contributed by atoms with Crippen molar-refractivity contribution in [1.82, 2.24) is 25.3 Å². The standard InChI is InChI=1S/C21H23N5O/c1-4-5-18-11-23-15(3)26-20(18)16-6-8-17(9-7-16)21(27)25-13-19-12-22-14(2)10-24-19/h6-12H,4-5,13H2,1-3H3,(H,25,27). The summed E-state index contributed by atoms with van der Waals surface area (Å²) in [5.41, 5.74) is 5.23. The van der Waals surface area contributed by atoms with E-state index in [1.807, 2.05) is 44.3 Å². The third-order valence-corrected chi connectivity index (χ3v) is 4.19. The van der Waals surface area contributed by atoms with Crippen molar-refractivity contribution in [3.63, 3.8) is 0 Å². The van der Waals surface area contributed by atoms with Crippen LogP contribution in [0.15, 0.2) is 42.9 Å². The summed E-state index contributed by atoms with van der Waals surface area (Å²) in [6.45, 7) is 6.24. The molecule has 0 aliphatic carbocycles. The van der Waals surface area contributed by atoms with Crippen LogP contribution in [-0.2, 0) is 13.0 Å². The smallest absolute Gasteiger partial charge is 0.251 e. The summed E-state index contributed by atoms with van der Waals surface area (Å²) < 4.78 is 0. The monoisotopic (exact) mass is 361 g/mol. The van der Waals surface area contributed by atoms with Gasteiger partial charge in [0.15, 0.2) is 0 Å². The lowest BCUT2D eigenvalue weighted by Gasteiger charge is -2.10. The molecule has 6 heteroatoms. The van der Waals surface area contributed by atoms with Crippen molar-refractivity contribution < 1.29 is 4.79 Å². The highest BCUT2D eigenvalue weighted by atomic mass is 16.1. The van der Waals surface area contributed by atoms with Crippen LogP contribution in [0, 0.1) is 13.8 Å². The summed E-state index contributed by atoms with van der Waals surface area (Å²) in [7, 11) is 0. The Morgan fingerprint density at radius 3 is 2.44 bits per heavy atom. The van der Waals surface area contributed by atoms with Crippen molar-refractivity contribution in [2.75, 3.05) is 0 Å². The van der Waals surface area contributed by atoms with Crippen LogP contribution < -0.4 is 5.32 Å². The van der Waals surface area contributed by atoms with Crippen LogP contribution in [-0.4, -0.2) is 25.8 Å². The highest BCUT2D eigenvalue weighted by Crippen LogP contribution is 2.23. The highest BCUT2D eigenvalue weighted by Gasteiger charge is 2.10. The molecule has 3 aromatic rings. The van der Waals surface area contributed by atoms with Gasteiger partial charge < -0.3 is 5.32 Å². The van der Waals surface area contributed by atoms with Crippen LogP contribution in [0.1, 0.15) is 46.5 Å². The zero-order valence-corrected chi connectivity index (χ0v) is 15.9. The number of amides is 1. The summed E-state index contributed by atoms with van der Waals surface area (Å²) in [6.07, 6.45) is 7.21. The third kappa shape index (κ3) is 4.73. The number of hydrogen-bond donors (Lipinski definition) is 1. The molecule has 1 amide bonds. The number of nitrogens with one attached hydrogen (secondary N) is 1. The maximum Gasteiger partial charge on any atom is 0.251 e. The topological polar surface area (TPSA) is 80.7 Å². The van der Waals surface area contributed by atoms with Gasteiger partial charge in [0.1, 0.15) is 5.82 Å². The predicted octanol–water partition coefficient (Wildman–Crippen LogP) is 3.43. The second-order valence-electron chi connectivity index (χ2n) is 6.45. The zero-order valence-electron chi connectivity index (χ0n) is 15.9. The molecular weight excluding hydrogens is 338 g/mol. The Kier molecular flexibility index (Phi) is 5.86. The molecule has 0 fully saturated rings. The van der Waals surface area contributed by atoms with Gasteiger partial charge in [-0.3, -0.25) is 14.8 Å². The van der Waals surface area contributed by atoms with E-state index in [2.05, 4.69) is 32.2 Å². The van der Waals surface area contributed by atoms with Crippen molar-refractivity contribution in [3.05, 3.63) is 71.2 Å². The Morgan fingerprint density at radius 2 is 1.78 bits per heavy atom. The second-order valence-corrected chi connectivity index (χ2v) is 6.45. The van der Waals surface area contributed by atoms with Gasteiger partial charge in [-0.2, -0.15) is 0 Å². The molecule has 2 aromatic heterocycles. The number of aromatic nitrogens is 4. The number of hydrogen-bond acceptors (Lipinski definition) is 5. The van der Waals surface area contributed by atoms with Gasteiger partial charge >= 0.3 is 0 Å². The first-order chi connectivity index (χ1) is 13.1.